The summed E-state index contributed by atoms with van der Waals surface area (Å²) >= 11 is 6.69. The first kappa shape index (κ1) is 15.7. The standard InChI is InChI=1S/C16H11Br2NO2/c1-21-14-4-2-3-10(7-14)15(9-19)16(20)11-5-12(17)8-13(18)6-11/h2-8,15H,1H3. The van der Waals surface area contributed by atoms with Crippen molar-refractivity contribution >= 4 is 37.6 Å². The molecule has 0 spiro atoms. The third-order valence-electron chi connectivity index (χ3n) is 2.97. The molecular formula is C16H11Br2NO2. The molecule has 3 nitrogen and oxygen atoms in total. The van der Waals surface area contributed by atoms with Gasteiger partial charge >= 0.3 is 0 Å². The molecule has 0 aliphatic heterocycles. The van der Waals surface area contributed by atoms with Gasteiger partial charge in [0.1, 0.15) is 11.7 Å². The van der Waals surface area contributed by atoms with Crippen molar-refractivity contribution in [2.75, 3.05) is 7.11 Å². The minimum Gasteiger partial charge on any atom is -0.497 e. The van der Waals surface area contributed by atoms with E-state index in [0.29, 0.717) is 16.9 Å². The summed E-state index contributed by atoms with van der Waals surface area (Å²) in [6, 6.07) is 14.3. The number of methoxy groups -OCH3 is 1. The predicted octanol–water partition coefficient (Wildman–Crippen LogP) is 4.71. The van der Waals surface area contributed by atoms with E-state index in [1.54, 1.807) is 43.5 Å². The number of ketones is 1. The fourth-order valence-corrected chi connectivity index (χ4v) is 3.26. The van der Waals surface area contributed by atoms with Gasteiger partial charge in [0.25, 0.3) is 0 Å². The van der Waals surface area contributed by atoms with Crippen molar-refractivity contribution < 1.29 is 9.53 Å². The maximum absolute atomic E-state index is 12.6. The largest absolute Gasteiger partial charge is 0.497 e. The lowest BCUT2D eigenvalue weighted by Crippen LogP contribution is -2.11. The Bertz CT molecular complexity index is 702. The van der Waals surface area contributed by atoms with Crippen LogP contribution in [0.1, 0.15) is 21.8 Å². The number of carbonyl (C=O) groups excluding carboxylic acids is 1. The summed E-state index contributed by atoms with van der Waals surface area (Å²) in [6.07, 6.45) is 0. The van der Waals surface area contributed by atoms with Gasteiger partial charge in [-0.2, -0.15) is 5.26 Å². The van der Waals surface area contributed by atoms with Gasteiger partial charge in [-0.25, -0.2) is 0 Å². The SMILES string of the molecule is COc1cccc(C(C#N)C(=O)c2cc(Br)cc(Br)c2)c1. The van der Waals surface area contributed by atoms with Crippen LogP contribution in [0.5, 0.6) is 5.75 Å². The number of rotatable bonds is 4. The van der Waals surface area contributed by atoms with Crippen LogP contribution in [0.4, 0.5) is 0 Å². The predicted molar refractivity (Wildman–Crippen MR) is 87.5 cm³/mol. The lowest BCUT2D eigenvalue weighted by molar-refractivity contribution is 0.0978. The van der Waals surface area contributed by atoms with E-state index in [0.717, 1.165) is 8.95 Å². The molecule has 0 aromatic heterocycles. The number of hydrogen-bond acceptors (Lipinski definition) is 3. The van der Waals surface area contributed by atoms with Crippen LogP contribution in [0.25, 0.3) is 0 Å². The monoisotopic (exact) mass is 407 g/mol. The first-order chi connectivity index (χ1) is 10.0. The van der Waals surface area contributed by atoms with Crippen LogP contribution in [-0.4, -0.2) is 12.9 Å². The number of Topliss-reactive ketones (excluding diaryl/α,β-unsaturated/α-hetero) is 1. The Morgan fingerprint density at radius 2 is 1.86 bits per heavy atom. The highest BCUT2D eigenvalue weighted by Crippen LogP contribution is 2.27. The highest BCUT2D eigenvalue weighted by atomic mass is 79.9. The van der Waals surface area contributed by atoms with Crippen molar-refractivity contribution in [2.45, 2.75) is 5.92 Å². The summed E-state index contributed by atoms with van der Waals surface area (Å²) < 4.78 is 6.70. The summed E-state index contributed by atoms with van der Waals surface area (Å²) in [6.45, 7) is 0. The lowest BCUT2D eigenvalue weighted by Gasteiger charge is -2.11. The zero-order valence-electron chi connectivity index (χ0n) is 11.1. The van der Waals surface area contributed by atoms with Crippen LogP contribution in [0.15, 0.2) is 51.4 Å². The summed E-state index contributed by atoms with van der Waals surface area (Å²) in [5, 5.41) is 9.38. The molecule has 0 saturated carbocycles. The Morgan fingerprint density at radius 1 is 1.19 bits per heavy atom. The summed E-state index contributed by atoms with van der Waals surface area (Å²) in [5.74, 6) is -0.481. The number of halogens is 2. The van der Waals surface area contributed by atoms with Gasteiger partial charge in [0.05, 0.1) is 13.2 Å². The number of hydrogen-bond donors (Lipinski definition) is 0. The van der Waals surface area contributed by atoms with E-state index in [-0.39, 0.29) is 5.78 Å². The maximum atomic E-state index is 12.6. The molecule has 1 unspecified atom stereocenters. The second-order valence-corrected chi connectivity index (χ2v) is 6.19. The van der Waals surface area contributed by atoms with Gasteiger partial charge < -0.3 is 4.74 Å². The summed E-state index contributed by atoms with van der Waals surface area (Å²) in [7, 11) is 1.55. The van der Waals surface area contributed by atoms with E-state index in [1.807, 2.05) is 6.07 Å². The number of benzene rings is 2. The maximum Gasteiger partial charge on any atom is 0.184 e. The quantitative estimate of drug-likeness (QED) is 0.688. The normalized spacial score (nSPS) is 11.5. The van der Waals surface area contributed by atoms with Gasteiger partial charge in [0.2, 0.25) is 0 Å². The lowest BCUT2D eigenvalue weighted by atomic mass is 9.92. The number of nitriles is 1. The molecule has 2 rings (SSSR count). The van der Waals surface area contributed by atoms with Gasteiger partial charge in [0, 0.05) is 14.5 Å². The van der Waals surface area contributed by atoms with Gasteiger partial charge in [-0.05, 0) is 35.9 Å². The molecule has 0 aliphatic rings. The molecule has 0 heterocycles. The molecule has 1 atom stereocenters. The Labute approximate surface area is 139 Å². The van der Waals surface area contributed by atoms with Crippen LogP contribution < -0.4 is 4.74 Å². The number of ether oxygens (including phenoxy) is 1. The zero-order chi connectivity index (χ0) is 15.4. The molecule has 0 fully saturated rings. The van der Waals surface area contributed by atoms with Crippen LogP contribution >= 0.6 is 31.9 Å². The first-order valence-electron chi connectivity index (χ1n) is 6.09. The first-order valence-corrected chi connectivity index (χ1v) is 7.67. The van der Waals surface area contributed by atoms with Crippen LogP contribution in [0, 0.1) is 11.3 Å². The average Bonchev–Trinajstić information content (AvgIpc) is 2.47. The molecule has 0 saturated heterocycles. The molecule has 0 amide bonds. The Hall–Kier alpha value is -1.64. The zero-order valence-corrected chi connectivity index (χ0v) is 14.3. The smallest absolute Gasteiger partial charge is 0.184 e. The van der Waals surface area contributed by atoms with E-state index in [2.05, 4.69) is 37.9 Å². The summed E-state index contributed by atoms with van der Waals surface area (Å²) in [5.41, 5.74) is 1.10. The van der Waals surface area contributed by atoms with E-state index in [1.165, 1.54) is 0 Å². The molecule has 2 aromatic rings. The highest BCUT2D eigenvalue weighted by Gasteiger charge is 2.22. The number of nitrogens with zero attached hydrogens (tertiary/aromatic N) is 1. The minimum absolute atomic E-state index is 0.243. The van der Waals surface area contributed by atoms with E-state index < -0.39 is 5.92 Å². The van der Waals surface area contributed by atoms with Crippen LogP contribution in [-0.2, 0) is 0 Å². The molecule has 0 radical (unpaired) electrons. The Kier molecular flexibility index (Phi) is 5.16. The van der Waals surface area contributed by atoms with Crippen molar-refractivity contribution in [3.8, 4) is 11.8 Å². The van der Waals surface area contributed by atoms with E-state index in [4.69, 9.17) is 4.74 Å². The molecule has 2 aromatic carbocycles. The van der Waals surface area contributed by atoms with E-state index >= 15 is 0 Å². The van der Waals surface area contributed by atoms with Crippen molar-refractivity contribution in [3.63, 3.8) is 0 Å². The molecular weight excluding hydrogens is 398 g/mol. The molecule has 5 heteroatoms. The molecule has 106 valence electrons. The molecule has 21 heavy (non-hydrogen) atoms. The second kappa shape index (κ2) is 6.88. The van der Waals surface area contributed by atoms with Crippen LogP contribution in [0.2, 0.25) is 0 Å². The Balaban J connectivity index is 2.41. The van der Waals surface area contributed by atoms with Crippen molar-refractivity contribution in [3.05, 3.63) is 62.5 Å². The average molecular weight is 409 g/mol. The van der Waals surface area contributed by atoms with Crippen LogP contribution in [0.3, 0.4) is 0 Å². The van der Waals surface area contributed by atoms with Crippen molar-refractivity contribution in [1.82, 2.24) is 0 Å². The molecule has 0 N–H and O–H groups in total. The van der Waals surface area contributed by atoms with E-state index in [9.17, 15) is 10.1 Å². The summed E-state index contributed by atoms with van der Waals surface area (Å²) in [4.78, 5) is 12.6. The molecule has 0 bridgehead atoms. The van der Waals surface area contributed by atoms with Gasteiger partial charge in [-0.3, -0.25) is 4.79 Å². The fourth-order valence-electron chi connectivity index (χ4n) is 1.97. The highest BCUT2D eigenvalue weighted by molar-refractivity contribution is 9.11. The van der Waals surface area contributed by atoms with Crippen molar-refractivity contribution in [2.24, 2.45) is 0 Å². The fraction of sp³-hybridized carbons (Fsp3) is 0.125. The van der Waals surface area contributed by atoms with Gasteiger partial charge in [0.15, 0.2) is 5.78 Å². The van der Waals surface area contributed by atoms with Gasteiger partial charge in [-0.1, -0.05) is 44.0 Å². The second-order valence-electron chi connectivity index (χ2n) is 4.36. The minimum atomic E-state index is -0.860. The third-order valence-corrected chi connectivity index (χ3v) is 3.88. The van der Waals surface area contributed by atoms with Crippen molar-refractivity contribution in [1.29, 1.82) is 5.26 Å². The third kappa shape index (κ3) is 3.72. The molecule has 0 aliphatic carbocycles. The van der Waals surface area contributed by atoms with Gasteiger partial charge in [-0.15, -0.1) is 0 Å². The topological polar surface area (TPSA) is 50.1 Å². The number of carbonyl (C=O) groups is 1. The Morgan fingerprint density at radius 3 is 2.43 bits per heavy atom.